The molecule has 0 fully saturated rings. The third-order valence-corrected chi connectivity index (χ3v) is 2.59. The summed E-state index contributed by atoms with van der Waals surface area (Å²) in [6.45, 7) is 6.72. The van der Waals surface area contributed by atoms with Gasteiger partial charge in [0.2, 0.25) is 0 Å². The van der Waals surface area contributed by atoms with E-state index in [0.717, 1.165) is 0 Å². The second-order valence-corrected chi connectivity index (χ2v) is 5.65. The van der Waals surface area contributed by atoms with Crippen LogP contribution in [0.4, 0.5) is 0 Å². The smallest absolute Gasteiger partial charge is 0.133 e. The Balaban J connectivity index is 3.53. The SMILES string of the molecule is CCOCP(C)(=O)COCC. The molecule has 0 aliphatic carbocycles. The van der Waals surface area contributed by atoms with Gasteiger partial charge in [-0.3, -0.25) is 0 Å². The normalized spacial score (nSPS) is 11.9. The van der Waals surface area contributed by atoms with Gasteiger partial charge in [0.1, 0.15) is 19.8 Å². The van der Waals surface area contributed by atoms with Crippen molar-refractivity contribution < 1.29 is 14.0 Å². The quantitative estimate of drug-likeness (QED) is 0.586. The predicted octanol–water partition coefficient (Wildman–Crippen LogP) is 1.97. The molecule has 0 aromatic carbocycles. The van der Waals surface area contributed by atoms with Gasteiger partial charge in [0.15, 0.2) is 0 Å². The molecule has 0 N–H and O–H groups in total. The maximum atomic E-state index is 11.5. The maximum absolute atomic E-state index is 11.5. The standard InChI is InChI=1S/C7H17O3P/c1-4-9-6-11(3,8)7-10-5-2/h4-7H2,1-3H3. The van der Waals surface area contributed by atoms with E-state index in [1.54, 1.807) is 6.66 Å². The van der Waals surface area contributed by atoms with E-state index < -0.39 is 7.14 Å². The van der Waals surface area contributed by atoms with E-state index in [1.165, 1.54) is 0 Å². The second kappa shape index (κ2) is 5.76. The zero-order valence-corrected chi connectivity index (χ0v) is 8.39. The molecule has 0 radical (unpaired) electrons. The first-order chi connectivity index (χ1) is 5.12. The van der Waals surface area contributed by atoms with Crippen LogP contribution in [0.3, 0.4) is 0 Å². The molecule has 0 heterocycles. The van der Waals surface area contributed by atoms with E-state index in [9.17, 15) is 4.57 Å². The molecule has 0 aromatic heterocycles. The first-order valence-corrected chi connectivity index (χ1v) is 6.36. The van der Waals surface area contributed by atoms with Crippen molar-refractivity contribution in [1.29, 1.82) is 0 Å². The van der Waals surface area contributed by atoms with E-state index in [2.05, 4.69) is 0 Å². The third kappa shape index (κ3) is 6.54. The lowest BCUT2D eigenvalue weighted by molar-refractivity contribution is 0.170. The van der Waals surface area contributed by atoms with Gasteiger partial charge in [0, 0.05) is 13.2 Å². The van der Waals surface area contributed by atoms with Crippen molar-refractivity contribution in [2.75, 3.05) is 32.6 Å². The van der Waals surface area contributed by atoms with Gasteiger partial charge < -0.3 is 14.0 Å². The third-order valence-electron chi connectivity index (χ3n) is 1.14. The van der Waals surface area contributed by atoms with Crippen LogP contribution >= 0.6 is 7.14 Å². The van der Waals surface area contributed by atoms with Crippen molar-refractivity contribution in [1.82, 2.24) is 0 Å². The molecule has 0 aromatic rings. The fourth-order valence-corrected chi connectivity index (χ4v) is 1.82. The second-order valence-electron chi connectivity index (χ2n) is 2.54. The van der Waals surface area contributed by atoms with Gasteiger partial charge in [-0.2, -0.15) is 0 Å². The van der Waals surface area contributed by atoms with Crippen molar-refractivity contribution in [3.05, 3.63) is 0 Å². The summed E-state index contributed by atoms with van der Waals surface area (Å²) in [6, 6.07) is 0. The summed E-state index contributed by atoms with van der Waals surface area (Å²) >= 11 is 0. The van der Waals surface area contributed by atoms with Gasteiger partial charge in [-0.1, -0.05) is 0 Å². The minimum Gasteiger partial charge on any atom is -0.374 e. The van der Waals surface area contributed by atoms with E-state index in [-0.39, 0.29) is 0 Å². The van der Waals surface area contributed by atoms with Gasteiger partial charge in [0.05, 0.1) is 0 Å². The molecule has 0 atom stereocenters. The Morgan fingerprint density at radius 1 is 1.09 bits per heavy atom. The van der Waals surface area contributed by atoms with E-state index >= 15 is 0 Å². The van der Waals surface area contributed by atoms with Gasteiger partial charge >= 0.3 is 0 Å². The largest absolute Gasteiger partial charge is 0.374 e. The summed E-state index contributed by atoms with van der Waals surface area (Å²) in [5, 5.41) is 0. The monoisotopic (exact) mass is 180 g/mol. The molecular weight excluding hydrogens is 163 g/mol. The summed E-state index contributed by atoms with van der Waals surface area (Å²) in [7, 11) is -2.17. The van der Waals surface area contributed by atoms with Crippen LogP contribution in [0, 0.1) is 0 Å². The van der Waals surface area contributed by atoms with E-state index in [4.69, 9.17) is 9.47 Å². The van der Waals surface area contributed by atoms with Crippen LogP contribution < -0.4 is 0 Å². The molecule has 0 aliphatic heterocycles. The molecule has 0 bridgehead atoms. The molecule has 0 unspecified atom stereocenters. The molecule has 0 spiro atoms. The van der Waals surface area contributed by atoms with E-state index in [1.807, 2.05) is 13.8 Å². The predicted molar refractivity (Wildman–Crippen MR) is 46.5 cm³/mol. The highest BCUT2D eigenvalue weighted by molar-refractivity contribution is 7.62. The lowest BCUT2D eigenvalue weighted by atomic mass is 10.9. The zero-order valence-electron chi connectivity index (χ0n) is 7.50. The Labute approximate surface area is 68.4 Å². The highest BCUT2D eigenvalue weighted by atomic mass is 31.2. The zero-order chi connectivity index (χ0) is 8.74. The maximum Gasteiger partial charge on any atom is 0.133 e. The molecule has 0 aliphatic rings. The van der Waals surface area contributed by atoms with Crippen molar-refractivity contribution >= 4 is 7.14 Å². The average molecular weight is 180 g/mol. The van der Waals surface area contributed by atoms with Crippen LogP contribution in [-0.2, 0) is 14.0 Å². The molecule has 3 nitrogen and oxygen atoms in total. The summed E-state index contributed by atoms with van der Waals surface area (Å²) < 4.78 is 21.6. The van der Waals surface area contributed by atoms with Gasteiger partial charge in [-0.05, 0) is 20.5 Å². The molecule has 0 saturated heterocycles. The number of hydrogen-bond donors (Lipinski definition) is 0. The van der Waals surface area contributed by atoms with Gasteiger partial charge in [-0.25, -0.2) is 0 Å². The van der Waals surface area contributed by atoms with Crippen molar-refractivity contribution in [3.63, 3.8) is 0 Å². The van der Waals surface area contributed by atoms with Crippen LogP contribution in [0.5, 0.6) is 0 Å². The molecular formula is C7H17O3P. The van der Waals surface area contributed by atoms with Gasteiger partial charge in [0.25, 0.3) is 0 Å². The lowest BCUT2D eigenvalue weighted by Crippen LogP contribution is -2.01. The van der Waals surface area contributed by atoms with Crippen LogP contribution in [0.25, 0.3) is 0 Å². The Morgan fingerprint density at radius 2 is 1.45 bits per heavy atom. The van der Waals surface area contributed by atoms with Crippen LogP contribution in [-0.4, -0.2) is 32.6 Å². The van der Waals surface area contributed by atoms with Crippen LogP contribution in [0.1, 0.15) is 13.8 Å². The minimum atomic E-state index is -2.17. The van der Waals surface area contributed by atoms with Crippen molar-refractivity contribution in [2.24, 2.45) is 0 Å². The first kappa shape index (κ1) is 11.2. The topological polar surface area (TPSA) is 35.5 Å². The summed E-state index contributed by atoms with van der Waals surface area (Å²) in [4.78, 5) is 0. The highest BCUT2D eigenvalue weighted by Gasteiger charge is 2.14. The Hall–Kier alpha value is 0.150. The fourth-order valence-electron chi connectivity index (χ4n) is 0.606. The molecule has 68 valence electrons. The Kier molecular flexibility index (Phi) is 5.83. The first-order valence-electron chi connectivity index (χ1n) is 3.83. The average Bonchev–Trinajstić information content (AvgIpc) is 1.97. The summed E-state index contributed by atoms with van der Waals surface area (Å²) in [6.07, 6.45) is 0.674. The van der Waals surface area contributed by atoms with Gasteiger partial charge in [-0.15, -0.1) is 0 Å². The lowest BCUT2D eigenvalue weighted by Gasteiger charge is -2.11. The molecule has 0 saturated carbocycles. The molecule has 0 amide bonds. The Morgan fingerprint density at radius 3 is 1.73 bits per heavy atom. The van der Waals surface area contributed by atoms with Crippen molar-refractivity contribution in [2.45, 2.75) is 13.8 Å². The number of hydrogen-bond acceptors (Lipinski definition) is 3. The highest BCUT2D eigenvalue weighted by Crippen LogP contribution is 2.40. The number of rotatable bonds is 6. The van der Waals surface area contributed by atoms with E-state index in [0.29, 0.717) is 25.9 Å². The fraction of sp³-hybridized carbons (Fsp3) is 1.00. The van der Waals surface area contributed by atoms with Crippen LogP contribution in [0.15, 0.2) is 0 Å². The minimum absolute atomic E-state index is 0.337. The molecule has 4 heteroatoms. The van der Waals surface area contributed by atoms with Crippen LogP contribution in [0.2, 0.25) is 0 Å². The number of ether oxygens (including phenoxy) is 2. The Bertz CT molecular complexity index is 124. The molecule has 0 rings (SSSR count). The summed E-state index contributed by atoms with van der Waals surface area (Å²) in [5.41, 5.74) is 0. The molecule has 11 heavy (non-hydrogen) atoms. The summed E-state index contributed by atoms with van der Waals surface area (Å²) in [5.74, 6) is 0. The van der Waals surface area contributed by atoms with Crippen molar-refractivity contribution in [3.8, 4) is 0 Å².